The predicted molar refractivity (Wildman–Crippen MR) is 174 cm³/mol. The number of rotatable bonds is 13. The van der Waals surface area contributed by atoms with Crippen LogP contribution in [0.25, 0.3) is 6.08 Å². The van der Waals surface area contributed by atoms with Crippen LogP contribution in [0.2, 0.25) is 0 Å². The van der Waals surface area contributed by atoms with Gasteiger partial charge in [-0.3, -0.25) is 10.2 Å². The lowest BCUT2D eigenvalue weighted by Crippen LogP contribution is -2.53. The number of nitrogens with one attached hydrogen (secondary N) is 2. The number of aliphatic hydroxyl groups excluding tert-OH is 1. The summed E-state index contributed by atoms with van der Waals surface area (Å²) in [5.41, 5.74) is 7.65. The Morgan fingerprint density at radius 3 is 2.51 bits per heavy atom. The van der Waals surface area contributed by atoms with Crippen LogP contribution in [0.1, 0.15) is 67.7 Å². The summed E-state index contributed by atoms with van der Waals surface area (Å²) in [6.07, 6.45) is 10.4. The van der Waals surface area contributed by atoms with E-state index in [0.717, 1.165) is 27.7 Å². The Bertz CT molecular complexity index is 1390. The van der Waals surface area contributed by atoms with Crippen LogP contribution in [-0.2, 0) is 9.53 Å². The van der Waals surface area contributed by atoms with Crippen LogP contribution >= 0.6 is 15.9 Å². The number of nitrogens with zero attached hydrogens (tertiary/aromatic N) is 1. The summed E-state index contributed by atoms with van der Waals surface area (Å²) < 4.78 is 13.2. The Kier molecular flexibility index (Phi) is 11.0. The van der Waals surface area contributed by atoms with Gasteiger partial charge in [-0.15, -0.1) is 0 Å². The first kappa shape index (κ1) is 31.0. The zero-order valence-electron chi connectivity index (χ0n) is 24.4. The third kappa shape index (κ3) is 7.93. The van der Waals surface area contributed by atoms with Gasteiger partial charge in [-0.2, -0.15) is 0 Å². The summed E-state index contributed by atoms with van der Waals surface area (Å²) in [5.74, 6) is 1.41. The summed E-state index contributed by atoms with van der Waals surface area (Å²) in [4.78, 5) is 19.4. The lowest BCUT2D eigenvalue weighted by Gasteiger charge is -2.31. The van der Waals surface area contributed by atoms with E-state index in [4.69, 9.17) is 19.6 Å². The van der Waals surface area contributed by atoms with Crippen molar-refractivity contribution in [3.63, 3.8) is 0 Å². The van der Waals surface area contributed by atoms with Crippen molar-refractivity contribution in [2.75, 3.05) is 19.8 Å². The first-order valence-electron chi connectivity index (χ1n) is 15.2. The number of carbonyl (C=O) groups is 1. The molecule has 1 fully saturated rings. The minimum absolute atomic E-state index is 0.0809. The highest BCUT2D eigenvalue weighted by atomic mass is 79.9. The Morgan fingerprint density at radius 1 is 1.02 bits per heavy atom. The van der Waals surface area contributed by atoms with Crippen molar-refractivity contribution in [2.45, 2.75) is 56.6 Å². The second-order valence-electron chi connectivity index (χ2n) is 11.2. The molecule has 0 bridgehead atoms. The van der Waals surface area contributed by atoms with E-state index < -0.39 is 11.6 Å². The second-order valence-corrected chi connectivity index (χ2v) is 12.0. The van der Waals surface area contributed by atoms with Crippen molar-refractivity contribution in [3.8, 4) is 5.75 Å². The van der Waals surface area contributed by atoms with Crippen LogP contribution in [0, 0.1) is 5.92 Å². The van der Waals surface area contributed by atoms with E-state index in [1.807, 2.05) is 91.0 Å². The number of hydrogen-bond acceptors (Lipinski definition) is 6. The molecule has 0 unspecified atom stereocenters. The van der Waals surface area contributed by atoms with Crippen molar-refractivity contribution < 1.29 is 19.4 Å². The maximum Gasteiger partial charge on any atom is 0.266 e. The second kappa shape index (κ2) is 15.3. The minimum atomic E-state index is -1.26. The number of hydrogen-bond donors (Lipinski definition) is 3. The molecule has 1 aliphatic heterocycles. The highest BCUT2D eigenvalue weighted by Crippen LogP contribution is 2.45. The number of aliphatic hydroxyl groups is 1. The summed E-state index contributed by atoms with van der Waals surface area (Å²) in [6.45, 7) is 1.25. The molecule has 1 aliphatic carbocycles. The molecule has 3 aromatic carbocycles. The number of carbonyl (C=O) groups excluding carboxylic acids is 1. The van der Waals surface area contributed by atoms with Crippen LogP contribution in [-0.4, -0.2) is 42.2 Å². The van der Waals surface area contributed by atoms with Gasteiger partial charge in [0.2, 0.25) is 5.90 Å². The Balaban J connectivity index is 1.47. The van der Waals surface area contributed by atoms with E-state index in [1.165, 1.54) is 32.1 Å². The van der Waals surface area contributed by atoms with E-state index in [0.29, 0.717) is 37.0 Å². The predicted octanol–water partition coefficient (Wildman–Crippen LogP) is 6.77. The van der Waals surface area contributed by atoms with Gasteiger partial charge in [-0.25, -0.2) is 10.4 Å². The van der Waals surface area contributed by atoms with Gasteiger partial charge in [-0.05, 0) is 54.7 Å². The molecule has 2 atom stereocenters. The van der Waals surface area contributed by atoms with Gasteiger partial charge in [0.15, 0.2) is 11.6 Å². The Hall–Kier alpha value is -3.46. The van der Waals surface area contributed by atoms with Crippen molar-refractivity contribution in [1.82, 2.24) is 10.9 Å². The smallest absolute Gasteiger partial charge is 0.266 e. The maximum atomic E-state index is 14.3. The average molecular weight is 647 g/mol. The van der Waals surface area contributed by atoms with E-state index in [1.54, 1.807) is 0 Å². The van der Waals surface area contributed by atoms with Crippen LogP contribution < -0.4 is 15.6 Å². The standard InChI is InChI=1S/C35H40BrN3O4/c36-31-17-8-7-16-30(31)32-35(22-9-15-26-11-3-1-4-12-26,34(41)39-37-25-27-13-5-2-6-14-27)38-33(43-32)28-18-20-29(21-19-28)42-24-10-23-40/h1,3-4,7-9,11-12,15-21,27,32,37,40H,2,5-6,10,13-14,22-25H2,(H,39,41)/b15-9+/t32-,35-/m0/s1. The summed E-state index contributed by atoms with van der Waals surface area (Å²) in [6, 6.07) is 25.3. The molecule has 1 heterocycles. The molecule has 3 aromatic rings. The molecular formula is C35H40BrN3O4. The summed E-state index contributed by atoms with van der Waals surface area (Å²) >= 11 is 3.70. The molecule has 3 N–H and O–H groups in total. The number of benzene rings is 3. The number of halogens is 1. The summed E-state index contributed by atoms with van der Waals surface area (Å²) in [7, 11) is 0. The van der Waals surface area contributed by atoms with Crippen molar-refractivity contribution in [2.24, 2.45) is 10.9 Å². The molecule has 0 radical (unpaired) electrons. The lowest BCUT2D eigenvalue weighted by atomic mass is 9.84. The fraction of sp³-hybridized carbons (Fsp3) is 0.371. The first-order valence-corrected chi connectivity index (χ1v) is 16.0. The number of hydrazine groups is 1. The fourth-order valence-electron chi connectivity index (χ4n) is 5.69. The van der Waals surface area contributed by atoms with Gasteiger partial charge in [-0.1, -0.05) is 95.9 Å². The van der Waals surface area contributed by atoms with Crippen LogP contribution in [0.4, 0.5) is 0 Å². The molecular weight excluding hydrogens is 606 g/mol. The topological polar surface area (TPSA) is 92.2 Å². The van der Waals surface area contributed by atoms with Crippen molar-refractivity contribution >= 4 is 33.8 Å². The minimum Gasteiger partial charge on any atom is -0.494 e. The van der Waals surface area contributed by atoms with Gasteiger partial charge in [0, 0.05) is 41.6 Å². The normalized spacial score (nSPS) is 20.5. The molecule has 1 amide bonds. The molecule has 1 saturated carbocycles. The van der Waals surface area contributed by atoms with Crippen LogP contribution in [0.3, 0.4) is 0 Å². The molecule has 226 valence electrons. The SMILES string of the molecule is O=C(NNCC1CCCCC1)[C@@]1(C/C=C/c2ccccc2)N=C(c2ccc(OCCCO)cc2)O[C@H]1c1ccccc1Br. The summed E-state index contributed by atoms with van der Waals surface area (Å²) in [5, 5.41) is 9.05. The van der Waals surface area contributed by atoms with Gasteiger partial charge in [0.1, 0.15) is 5.75 Å². The van der Waals surface area contributed by atoms with Gasteiger partial charge >= 0.3 is 0 Å². The van der Waals surface area contributed by atoms with E-state index in [2.05, 4.69) is 26.8 Å². The third-order valence-corrected chi connectivity index (χ3v) is 8.80. The van der Waals surface area contributed by atoms with E-state index >= 15 is 0 Å². The van der Waals surface area contributed by atoms with Gasteiger partial charge in [0.25, 0.3) is 5.91 Å². The number of ether oxygens (including phenoxy) is 2. The Labute approximate surface area is 262 Å². The molecule has 0 aromatic heterocycles. The molecule has 0 saturated heterocycles. The van der Waals surface area contributed by atoms with Crippen molar-refractivity contribution in [3.05, 3.63) is 106 Å². The number of aliphatic imine (C=N–C) groups is 1. The molecule has 0 spiro atoms. The average Bonchev–Trinajstić information content (AvgIpc) is 3.43. The molecule has 43 heavy (non-hydrogen) atoms. The van der Waals surface area contributed by atoms with E-state index in [9.17, 15) is 4.79 Å². The van der Waals surface area contributed by atoms with Crippen LogP contribution in [0.5, 0.6) is 5.75 Å². The van der Waals surface area contributed by atoms with Crippen molar-refractivity contribution in [1.29, 1.82) is 0 Å². The number of amides is 1. The maximum absolute atomic E-state index is 14.3. The highest BCUT2D eigenvalue weighted by Gasteiger charge is 2.53. The van der Waals surface area contributed by atoms with Crippen LogP contribution in [0.15, 0.2) is 94.4 Å². The zero-order chi connectivity index (χ0) is 29.9. The van der Waals surface area contributed by atoms with Gasteiger partial charge in [0.05, 0.1) is 6.61 Å². The first-order chi connectivity index (χ1) is 21.1. The largest absolute Gasteiger partial charge is 0.494 e. The third-order valence-electron chi connectivity index (χ3n) is 8.07. The van der Waals surface area contributed by atoms with E-state index in [-0.39, 0.29) is 12.5 Å². The molecule has 7 nitrogen and oxygen atoms in total. The molecule has 8 heteroatoms. The highest BCUT2D eigenvalue weighted by molar-refractivity contribution is 9.10. The monoisotopic (exact) mass is 645 g/mol. The molecule has 2 aliphatic rings. The Morgan fingerprint density at radius 2 is 1.77 bits per heavy atom. The van der Waals surface area contributed by atoms with Gasteiger partial charge < -0.3 is 14.6 Å². The molecule has 5 rings (SSSR count). The quantitative estimate of drug-likeness (QED) is 0.141. The lowest BCUT2D eigenvalue weighted by molar-refractivity contribution is -0.130. The zero-order valence-corrected chi connectivity index (χ0v) is 26.0. The fourth-order valence-corrected chi connectivity index (χ4v) is 6.19.